The number of carbonyl (C=O) groups is 2. The summed E-state index contributed by atoms with van der Waals surface area (Å²) in [5.41, 5.74) is 4.52. The van der Waals surface area contributed by atoms with Crippen LogP contribution in [0.3, 0.4) is 0 Å². The second-order valence-corrected chi connectivity index (χ2v) is 9.36. The molecule has 0 unspecified atom stereocenters. The van der Waals surface area contributed by atoms with E-state index in [1.807, 2.05) is 35.7 Å². The molecule has 0 saturated carbocycles. The number of rotatable bonds is 5. The average molecular weight is 489 g/mol. The van der Waals surface area contributed by atoms with Gasteiger partial charge in [0, 0.05) is 10.3 Å². The number of fused-ring (bicyclic) bond motifs is 2. The maximum Gasteiger partial charge on any atom is 0.339 e. The van der Waals surface area contributed by atoms with Crippen LogP contribution in [0.25, 0.3) is 22.6 Å². The Labute approximate surface area is 206 Å². The van der Waals surface area contributed by atoms with Crippen molar-refractivity contribution in [3.63, 3.8) is 0 Å². The Balaban J connectivity index is 1.46. The zero-order valence-corrected chi connectivity index (χ0v) is 19.8. The van der Waals surface area contributed by atoms with E-state index in [2.05, 4.69) is 17.5 Å². The fraction of sp³-hybridized carbons (Fsp3) is 0.148. The van der Waals surface area contributed by atoms with Crippen LogP contribution in [-0.4, -0.2) is 23.5 Å². The Morgan fingerprint density at radius 3 is 2.71 bits per heavy atom. The Hall–Kier alpha value is -3.48. The first-order valence-electron chi connectivity index (χ1n) is 11.0. The van der Waals surface area contributed by atoms with Gasteiger partial charge in [-0.15, -0.1) is 11.3 Å². The highest BCUT2D eigenvalue weighted by molar-refractivity contribution is 7.10. The van der Waals surface area contributed by atoms with Crippen LogP contribution in [0.1, 0.15) is 39.3 Å². The van der Waals surface area contributed by atoms with Crippen molar-refractivity contribution < 1.29 is 14.3 Å². The monoisotopic (exact) mass is 488 g/mol. The summed E-state index contributed by atoms with van der Waals surface area (Å²) in [6.45, 7) is -0.409. The Kier molecular flexibility index (Phi) is 6.43. The number of esters is 1. The van der Waals surface area contributed by atoms with Crippen molar-refractivity contribution in [3.05, 3.63) is 92.8 Å². The van der Waals surface area contributed by atoms with Crippen LogP contribution in [-0.2, 0) is 16.0 Å². The van der Waals surface area contributed by atoms with Crippen molar-refractivity contribution in [1.82, 2.24) is 4.98 Å². The Morgan fingerprint density at radius 1 is 1.06 bits per heavy atom. The summed E-state index contributed by atoms with van der Waals surface area (Å²) in [4.78, 5) is 31.8. The van der Waals surface area contributed by atoms with Gasteiger partial charge in [-0.2, -0.15) is 0 Å². The van der Waals surface area contributed by atoms with E-state index in [1.54, 1.807) is 35.6 Å². The number of thiophene rings is 1. The topological polar surface area (TPSA) is 68.3 Å². The molecular formula is C27H21ClN2O3S. The SMILES string of the molecule is O=C(COC(=O)c1c2c(nc3ccccc13)/C(=C/c1cccs1)CCC2)Nc1ccccc1Cl. The number of amides is 1. The van der Waals surface area contributed by atoms with Crippen LogP contribution >= 0.6 is 22.9 Å². The molecule has 0 fully saturated rings. The predicted molar refractivity (Wildman–Crippen MR) is 137 cm³/mol. The number of nitrogens with one attached hydrogen (secondary N) is 1. The summed E-state index contributed by atoms with van der Waals surface area (Å²) in [7, 11) is 0. The van der Waals surface area contributed by atoms with Gasteiger partial charge in [0.05, 0.1) is 27.5 Å². The van der Waals surface area contributed by atoms with Gasteiger partial charge >= 0.3 is 5.97 Å². The molecule has 34 heavy (non-hydrogen) atoms. The molecule has 0 radical (unpaired) electrons. The first-order chi connectivity index (χ1) is 16.6. The molecule has 1 aliphatic rings. The van der Waals surface area contributed by atoms with Gasteiger partial charge in [-0.05, 0) is 66.1 Å². The van der Waals surface area contributed by atoms with Crippen molar-refractivity contribution in [2.24, 2.45) is 0 Å². The van der Waals surface area contributed by atoms with E-state index in [0.717, 1.165) is 51.9 Å². The lowest BCUT2D eigenvalue weighted by atomic mass is 9.86. The number of halogens is 1. The van der Waals surface area contributed by atoms with Gasteiger partial charge in [0.25, 0.3) is 5.91 Å². The Bertz CT molecular complexity index is 1410. The maximum absolute atomic E-state index is 13.3. The van der Waals surface area contributed by atoms with E-state index in [1.165, 1.54) is 0 Å². The lowest BCUT2D eigenvalue weighted by molar-refractivity contribution is -0.119. The zero-order valence-electron chi connectivity index (χ0n) is 18.2. The number of carbonyl (C=O) groups excluding carboxylic acids is 2. The third-order valence-electron chi connectivity index (χ3n) is 5.72. The van der Waals surface area contributed by atoms with Crippen LogP contribution in [0.4, 0.5) is 5.69 Å². The van der Waals surface area contributed by atoms with Crippen molar-refractivity contribution >= 4 is 63.1 Å². The number of hydrogen-bond acceptors (Lipinski definition) is 5. The fourth-order valence-corrected chi connectivity index (χ4v) is 5.07. The summed E-state index contributed by atoms with van der Waals surface area (Å²) < 4.78 is 5.48. The molecule has 1 N–H and O–H groups in total. The third kappa shape index (κ3) is 4.60. The summed E-state index contributed by atoms with van der Waals surface area (Å²) in [6, 6.07) is 18.6. The van der Waals surface area contributed by atoms with Crippen molar-refractivity contribution in [2.45, 2.75) is 19.3 Å². The summed E-state index contributed by atoms with van der Waals surface area (Å²) >= 11 is 7.77. The highest BCUT2D eigenvalue weighted by Crippen LogP contribution is 2.36. The van der Waals surface area contributed by atoms with Gasteiger partial charge in [0.2, 0.25) is 0 Å². The van der Waals surface area contributed by atoms with E-state index >= 15 is 0 Å². The molecule has 5 nitrogen and oxygen atoms in total. The van der Waals surface area contributed by atoms with Crippen molar-refractivity contribution in [2.75, 3.05) is 11.9 Å². The highest BCUT2D eigenvalue weighted by Gasteiger charge is 2.26. The lowest BCUT2D eigenvalue weighted by Gasteiger charge is -2.22. The van der Waals surface area contributed by atoms with Crippen LogP contribution < -0.4 is 5.32 Å². The molecule has 0 spiro atoms. The van der Waals surface area contributed by atoms with E-state index in [4.69, 9.17) is 21.3 Å². The number of anilines is 1. The first kappa shape index (κ1) is 22.3. The van der Waals surface area contributed by atoms with Gasteiger partial charge in [0.15, 0.2) is 6.61 Å². The molecule has 1 amide bonds. The van der Waals surface area contributed by atoms with Crippen molar-refractivity contribution in [3.8, 4) is 0 Å². The number of aromatic nitrogens is 1. The molecule has 0 aliphatic heterocycles. The minimum absolute atomic E-state index is 0.409. The van der Waals surface area contributed by atoms with E-state index in [-0.39, 0.29) is 0 Å². The second kappa shape index (κ2) is 9.79. The van der Waals surface area contributed by atoms with E-state index in [9.17, 15) is 9.59 Å². The minimum atomic E-state index is -0.526. The standard InChI is InChI=1S/C27H21ClN2O3S/c28-21-11-2-4-13-23(21)29-24(31)16-33-27(32)25-19-9-1-3-12-22(19)30-26-17(7-5-10-20(25)26)15-18-8-6-14-34-18/h1-4,6,8-9,11-15H,5,7,10,16H2,(H,29,31)/b17-15+. The smallest absolute Gasteiger partial charge is 0.339 e. The van der Waals surface area contributed by atoms with Gasteiger partial charge in [-0.3, -0.25) is 4.79 Å². The molecule has 2 aromatic carbocycles. The summed E-state index contributed by atoms with van der Waals surface area (Å²) in [5.74, 6) is -0.978. The van der Waals surface area contributed by atoms with Crippen LogP contribution in [0, 0.1) is 0 Å². The third-order valence-corrected chi connectivity index (χ3v) is 6.87. The molecule has 4 aromatic rings. The molecular weight excluding hydrogens is 468 g/mol. The van der Waals surface area contributed by atoms with Crippen LogP contribution in [0.5, 0.6) is 0 Å². The zero-order chi connectivity index (χ0) is 23.5. The molecule has 2 heterocycles. The van der Waals surface area contributed by atoms with Gasteiger partial charge in [-0.25, -0.2) is 9.78 Å². The number of hydrogen-bond donors (Lipinski definition) is 1. The fourth-order valence-electron chi connectivity index (χ4n) is 4.21. The minimum Gasteiger partial charge on any atom is -0.452 e. The molecule has 7 heteroatoms. The molecule has 0 saturated heterocycles. The molecule has 2 aromatic heterocycles. The number of allylic oxidation sites excluding steroid dienone is 1. The number of pyridine rings is 1. The highest BCUT2D eigenvalue weighted by atomic mass is 35.5. The van der Waals surface area contributed by atoms with Gasteiger partial charge in [0.1, 0.15) is 0 Å². The molecule has 0 bridgehead atoms. The maximum atomic E-state index is 13.3. The van der Waals surface area contributed by atoms with Crippen molar-refractivity contribution in [1.29, 1.82) is 0 Å². The number of nitrogens with zero attached hydrogens (tertiary/aromatic N) is 1. The van der Waals surface area contributed by atoms with Gasteiger partial charge in [-0.1, -0.05) is 48.0 Å². The van der Waals surface area contributed by atoms with Gasteiger partial charge < -0.3 is 10.1 Å². The summed E-state index contributed by atoms with van der Waals surface area (Å²) in [6.07, 6.45) is 4.68. The van der Waals surface area contributed by atoms with Crippen LogP contribution in [0.2, 0.25) is 5.02 Å². The molecule has 1 aliphatic carbocycles. The lowest BCUT2D eigenvalue weighted by Crippen LogP contribution is -2.22. The van der Waals surface area contributed by atoms with E-state index < -0.39 is 18.5 Å². The Morgan fingerprint density at radius 2 is 1.88 bits per heavy atom. The normalized spacial score (nSPS) is 14.1. The average Bonchev–Trinajstić information content (AvgIpc) is 3.36. The molecule has 0 atom stereocenters. The molecule has 170 valence electrons. The summed E-state index contributed by atoms with van der Waals surface area (Å²) in [5, 5.41) is 5.87. The quantitative estimate of drug-likeness (QED) is 0.320. The second-order valence-electron chi connectivity index (χ2n) is 7.97. The van der Waals surface area contributed by atoms with E-state index in [0.29, 0.717) is 16.3 Å². The molecule has 5 rings (SSSR count). The number of para-hydroxylation sites is 2. The predicted octanol–water partition coefficient (Wildman–Crippen LogP) is 6.62. The number of ether oxygens (including phenoxy) is 1. The van der Waals surface area contributed by atoms with Crippen LogP contribution in [0.15, 0.2) is 66.0 Å². The largest absolute Gasteiger partial charge is 0.452 e. The number of benzene rings is 2. The first-order valence-corrected chi connectivity index (χ1v) is 12.2.